The van der Waals surface area contributed by atoms with Gasteiger partial charge in [-0.05, 0) is 19.3 Å². The zero-order valence-corrected chi connectivity index (χ0v) is 11.4. The summed E-state index contributed by atoms with van der Waals surface area (Å²) in [7, 11) is 1.62. The van der Waals surface area contributed by atoms with Gasteiger partial charge in [0.05, 0.1) is 31.0 Å². The Morgan fingerprint density at radius 2 is 2.25 bits per heavy atom. The van der Waals surface area contributed by atoms with Gasteiger partial charge in [0.1, 0.15) is 0 Å². The van der Waals surface area contributed by atoms with Crippen LogP contribution in [0.3, 0.4) is 0 Å². The number of amides is 1. The number of carboxylic acid groups (broad SMARTS) is 1. The van der Waals surface area contributed by atoms with E-state index >= 15 is 0 Å². The van der Waals surface area contributed by atoms with Crippen LogP contribution in [-0.4, -0.2) is 40.5 Å². The van der Waals surface area contributed by atoms with Crippen LogP contribution in [0.15, 0.2) is 12.4 Å². The third-order valence-corrected chi connectivity index (χ3v) is 3.58. The molecule has 1 fully saturated rings. The van der Waals surface area contributed by atoms with Crippen molar-refractivity contribution >= 4 is 17.6 Å². The Morgan fingerprint density at radius 1 is 1.50 bits per heavy atom. The highest BCUT2D eigenvalue weighted by atomic mass is 16.5. The first kappa shape index (κ1) is 14.5. The minimum absolute atomic E-state index is 0.125. The molecular weight excluding hydrogens is 262 g/mol. The molecule has 2 atom stereocenters. The number of rotatable bonds is 6. The molecule has 1 aromatic heterocycles. The molecule has 0 radical (unpaired) electrons. The van der Waals surface area contributed by atoms with Crippen LogP contribution in [0, 0.1) is 11.8 Å². The van der Waals surface area contributed by atoms with Gasteiger partial charge in [-0.15, -0.1) is 0 Å². The molecule has 2 N–H and O–H groups in total. The summed E-state index contributed by atoms with van der Waals surface area (Å²) < 4.78 is 6.64. The second-order valence-electron chi connectivity index (χ2n) is 5.02. The number of anilines is 1. The summed E-state index contributed by atoms with van der Waals surface area (Å²) >= 11 is 0. The van der Waals surface area contributed by atoms with Crippen LogP contribution in [0.2, 0.25) is 0 Å². The molecule has 7 heteroatoms. The SMILES string of the molecule is COCCn1cc(NC(=O)[C@@H]2CC[C@H](C(=O)O)C2)cn1. The topological polar surface area (TPSA) is 93.5 Å². The fourth-order valence-corrected chi connectivity index (χ4v) is 2.42. The van der Waals surface area contributed by atoms with Gasteiger partial charge >= 0.3 is 5.97 Å². The number of ether oxygens (including phenoxy) is 1. The molecule has 0 unspecified atom stereocenters. The zero-order valence-electron chi connectivity index (χ0n) is 11.4. The van der Waals surface area contributed by atoms with Gasteiger partial charge in [-0.3, -0.25) is 14.3 Å². The van der Waals surface area contributed by atoms with E-state index in [4.69, 9.17) is 9.84 Å². The normalized spacial score (nSPS) is 21.9. The molecule has 110 valence electrons. The monoisotopic (exact) mass is 281 g/mol. The van der Waals surface area contributed by atoms with Crippen molar-refractivity contribution in [1.29, 1.82) is 0 Å². The van der Waals surface area contributed by atoms with E-state index < -0.39 is 11.9 Å². The summed E-state index contributed by atoms with van der Waals surface area (Å²) in [5.41, 5.74) is 0.630. The fraction of sp³-hybridized carbons (Fsp3) is 0.615. The Bertz CT molecular complexity index is 486. The van der Waals surface area contributed by atoms with Crippen LogP contribution in [0.1, 0.15) is 19.3 Å². The van der Waals surface area contributed by atoms with Crippen molar-refractivity contribution < 1.29 is 19.4 Å². The van der Waals surface area contributed by atoms with Crippen LogP contribution < -0.4 is 5.32 Å². The summed E-state index contributed by atoms with van der Waals surface area (Å²) in [5.74, 6) is -1.55. The van der Waals surface area contributed by atoms with Gasteiger partial charge in [0.2, 0.25) is 5.91 Å². The van der Waals surface area contributed by atoms with Crippen LogP contribution in [0.5, 0.6) is 0 Å². The van der Waals surface area contributed by atoms with Crippen LogP contribution >= 0.6 is 0 Å². The van der Waals surface area contributed by atoms with E-state index in [0.717, 1.165) is 0 Å². The Labute approximate surface area is 116 Å². The lowest BCUT2D eigenvalue weighted by atomic mass is 10.0. The van der Waals surface area contributed by atoms with E-state index in [1.54, 1.807) is 24.2 Å². The Kier molecular flexibility index (Phi) is 4.73. The largest absolute Gasteiger partial charge is 0.481 e. The number of hydrogen-bond donors (Lipinski definition) is 2. The quantitative estimate of drug-likeness (QED) is 0.810. The second-order valence-corrected chi connectivity index (χ2v) is 5.02. The van der Waals surface area contributed by atoms with Gasteiger partial charge < -0.3 is 15.2 Å². The molecule has 0 saturated heterocycles. The van der Waals surface area contributed by atoms with E-state index in [-0.39, 0.29) is 11.8 Å². The lowest BCUT2D eigenvalue weighted by Crippen LogP contribution is -2.21. The minimum Gasteiger partial charge on any atom is -0.481 e. The smallest absolute Gasteiger partial charge is 0.306 e. The average molecular weight is 281 g/mol. The number of nitrogens with one attached hydrogen (secondary N) is 1. The Morgan fingerprint density at radius 3 is 2.90 bits per heavy atom. The fourth-order valence-electron chi connectivity index (χ4n) is 2.42. The highest BCUT2D eigenvalue weighted by Gasteiger charge is 2.33. The first-order valence-electron chi connectivity index (χ1n) is 6.65. The summed E-state index contributed by atoms with van der Waals surface area (Å²) in [6.45, 7) is 1.18. The molecule has 2 rings (SSSR count). The number of carboxylic acids is 1. The summed E-state index contributed by atoms with van der Waals surface area (Å²) in [6, 6.07) is 0. The standard InChI is InChI=1S/C13H19N3O4/c1-20-5-4-16-8-11(7-14-16)15-12(17)9-2-3-10(6-9)13(18)19/h7-10H,2-6H2,1H3,(H,15,17)(H,18,19)/t9-,10+/m1/s1. The molecule has 0 spiro atoms. The van der Waals surface area contributed by atoms with Crippen LogP contribution in [0.4, 0.5) is 5.69 Å². The van der Waals surface area contributed by atoms with Crippen molar-refractivity contribution in [3.8, 4) is 0 Å². The van der Waals surface area contributed by atoms with E-state index in [2.05, 4.69) is 10.4 Å². The van der Waals surface area contributed by atoms with Crippen molar-refractivity contribution in [1.82, 2.24) is 9.78 Å². The molecule has 1 heterocycles. The molecule has 1 saturated carbocycles. The van der Waals surface area contributed by atoms with Crippen LogP contribution in [0.25, 0.3) is 0 Å². The minimum atomic E-state index is -0.812. The molecule has 1 aliphatic carbocycles. The summed E-state index contributed by atoms with van der Waals surface area (Å²) in [6.07, 6.45) is 4.93. The maximum atomic E-state index is 12.0. The zero-order chi connectivity index (χ0) is 14.5. The third-order valence-electron chi connectivity index (χ3n) is 3.58. The molecule has 0 bridgehead atoms. The van der Waals surface area contributed by atoms with Gasteiger partial charge in [0.25, 0.3) is 0 Å². The molecule has 20 heavy (non-hydrogen) atoms. The predicted octanol–water partition coefficient (Wildman–Crippen LogP) is 0.969. The molecule has 0 aromatic carbocycles. The number of aliphatic carboxylic acids is 1. The van der Waals surface area contributed by atoms with Crippen molar-refractivity contribution in [3.63, 3.8) is 0 Å². The van der Waals surface area contributed by atoms with Crippen molar-refractivity contribution in [2.24, 2.45) is 11.8 Å². The molecule has 1 aromatic rings. The van der Waals surface area contributed by atoms with Crippen LogP contribution in [-0.2, 0) is 20.9 Å². The maximum Gasteiger partial charge on any atom is 0.306 e. The predicted molar refractivity (Wildman–Crippen MR) is 71.2 cm³/mol. The third kappa shape index (κ3) is 3.57. The molecule has 7 nitrogen and oxygen atoms in total. The lowest BCUT2D eigenvalue weighted by Gasteiger charge is -2.09. The molecular formula is C13H19N3O4. The molecule has 0 aliphatic heterocycles. The van der Waals surface area contributed by atoms with Gasteiger partial charge in [-0.1, -0.05) is 0 Å². The highest BCUT2D eigenvalue weighted by molar-refractivity contribution is 5.93. The second kappa shape index (κ2) is 6.51. The van der Waals surface area contributed by atoms with E-state index in [0.29, 0.717) is 38.1 Å². The van der Waals surface area contributed by atoms with E-state index in [9.17, 15) is 9.59 Å². The van der Waals surface area contributed by atoms with Gasteiger partial charge in [-0.25, -0.2) is 0 Å². The van der Waals surface area contributed by atoms with Crippen molar-refractivity contribution in [2.75, 3.05) is 19.0 Å². The number of carbonyl (C=O) groups excluding carboxylic acids is 1. The number of methoxy groups -OCH3 is 1. The highest BCUT2D eigenvalue weighted by Crippen LogP contribution is 2.31. The van der Waals surface area contributed by atoms with Crippen molar-refractivity contribution in [2.45, 2.75) is 25.8 Å². The van der Waals surface area contributed by atoms with Crippen molar-refractivity contribution in [3.05, 3.63) is 12.4 Å². The average Bonchev–Trinajstić information content (AvgIpc) is 3.05. The number of aromatic nitrogens is 2. The van der Waals surface area contributed by atoms with Gasteiger partial charge in [0.15, 0.2) is 0 Å². The molecule has 1 amide bonds. The summed E-state index contributed by atoms with van der Waals surface area (Å²) in [4.78, 5) is 22.9. The van der Waals surface area contributed by atoms with Gasteiger partial charge in [-0.2, -0.15) is 5.10 Å². The number of hydrogen-bond acceptors (Lipinski definition) is 4. The lowest BCUT2D eigenvalue weighted by molar-refractivity contribution is -0.141. The van der Waals surface area contributed by atoms with E-state index in [1.165, 1.54) is 0 Å². The maximum absolute atomic E-state index is 12.0. The first-order valence-corrected chi connectivity index (χ1v) is 6.65. The van der Waals surface area contributed by atoms with E-state index in [1.807, 2.05) is 0 Å². The Hall–Kier alpha value is -1.89. The summed E-state index contributed by atoms with van der Waals surface area (Å²) in [5, 5.41) is 15.8. The first-order chi connectivity index (χ1) is 9.60. The number of nitrogens with zero attached hydrogens (tertiary/aromatic N) is 2. The number of carbonyl (C=O) groups is 2. The molecule has 1 aliphatic rings. The van der Waals surface area contributed by atoms with Gasteiger partial charge in [0, 0.05) is 19.2 Å². The Balaban J connectivity index is 1.85.